The Morgan fingerprint density at radius 3 is 1.61 bits per heavy atom. The van der Waals surface area contributed by atoms with E-state index in [2.05, 4.69) is 20.8 Å². The van der Waals surface area contributed by atoms with Crippen molar-refractivity contribution in [2.24, 2.45) is 16.7 Å². The fraction of sp³-hybridized carbons (Fsp3) is 0.857. The Labute approximate surface area is 108 Å². The van der Waals surface area contributed by atoms with Gasteiger partial charge in [-0.25, -0.2) is 0 Å². The molecule has 0 heterocycles. The summed E-state index contributed by atoms with van der Waals surface area (Å²) < 4.78 is 10.9. The molecule has 4 atom stereocenters. The van der Waals surface area contributed by atoms with Gasteiger partial charge in [-0.1, -0.05) is 20.8 Å². The quantitative estimate of drug-likeness (QED) is 0.710. The van der Waals surface area contributed by atoms with Gasteiger partial charge in [0.1, 0.15) is 12.2 Å². The van der Waals surface area contributed by atoms with Gasteiger partial charge in [0.15, 0.2) is 0 Å². The number of carbonyl (C=O) groups is 2. The summed E-state index contributed by atoms with van der Waals surface area (Å²) >= 11 is 0. The Morgan fingerprint density at radius 2 is 1.33 bits per heavy atom. The second kappa shape index (κ2) is 3.97. The van der Waals surface area contributed by atoms with Crippen molar-refractivity contribution in [2.75, 3.05) is 0 Å². The zero-order valence-corrected chi connectivity index (χ0v) is 11.8. The molecule has 102 valence electrons. The van der Waals surface area contributed by atoms with E-state index in [4.69, 9.17) is 9.47 Å². The third-order valence-corrected chi connectivity index (χ3v) is 5.36. The molecule has 2 unspecified atom stereocenters. The topological polar surface area (TPSA) is 52.6 Å². The van der Waals surface area contributed by atoms with Crippen LogP contribution in [0.1, 0.15) is 47.5 Å². The first-order chi connectivity index (χ1) is 8.19. The Balaban J connectivity index is 2.29. The van der Waals surface area contributed by atoms with Gasteiger partial charge < -0.3 is 9.47 Å². The molecule has 2 aliphatic carbocycles. The van der Waals surface area contributed by atoms with Crippen molar-refractivity contribution >= 4 is 11.9 Å². The second-order valence-electron chi connectivity index (χ2n) is 6.37. The minimum Gasteiger partial charge on any atom is -0.462 e. The molecule has 0 aromatic heterocycles. The van der Waals surface area contributed by atoms with Gasteiger partial charge in [0.05, 0.1) is 0 Å². The van der Waals surface area contributed by atoms with Crippen LogP contribution < -0.4 is 0 Å². The second-order valence-corrected chi connectivity index (χ2v) is 6.37. The molecule has 4 heteroatoms. The van der Waals surface area contributed by atoms with Crippen LogP contribution in [0.15, 0.2) is 0 Å². The van der Waals surface area contributed by atoms with Gasteiger partial charge in [-0.15, -0.1) is 0 Å². The van der Waals surface area contributed by atoms with Gasteiger partial charge >= 0.3 is 11.9 Å². The first kappa shape index (κ1) is 13.4. The van der Waals surface area contributed by atoms with Crippen LogP contribution in [0.4, 0.5) is 0 Å². The molecule has 0 radical (unpaired) electrons. The number of carbonyl (C=O) groups excluding carboxylic acids is 2. The van der Waals surface area contributed by atoms with Crippen molar-refractivity contribution in [2.45, 2.75) is 59.7 Å². The highest BCUT2D eigenvalue weighted by molar-refractivity contribution is 5.67. The van der Waals surface area contributed by atoms with Gasteiger partial charge in [0.25, 0.3) is 0 Å². The van der Waals surface area contributed by atoms with Crippen molar-refractivity contribution < 1.29 is 19.1 Å². The number of esters is 2. The van der Waals surface area contributed by atoms with E-state index in [1.165, 1.54) is 13.8 Å². The molecule has 4 nitrogen and oxygen atoms in total. The fourth-order valence-electron chi connectivity index (χ4n) is 3.91. The van der Waals surface area contributed by atoms with Crippen molar-refractivity contribution in [3.05, 3.63) is 0 Å². The SMILES string of the molecule is CC(=O)O[C@H]1CC2C[C@@H](OC(C)=O)C1(C)C2(C)C. The molecule has 0 aromatic carbocycles. The average Bonchev–Trinajstić information content (AvgIpc) is 2.48. The van der Waals surface area contributed by atoms with Gasteiger partial charge in [-0.3, -0.25) is 9.59 Å². The molecule has 0 saturated heterocycles. The van der Waals surface area contributed by atoms with Crippen LogP contribution in [0.25, 0.3) is 0 Å². The lowest BCUT2D eigenvalue weighted by Gasteiger charge is -2.42. The van der Waals surface area contributed by atoms with E-state index in [1.807, 2.05) is 0 Å². The summed E-state index contributed by atoms with van der Waals surface area (Å²) in [6.45, 7) is 9.32. The van der Waals surface area contributed by atoms with Crippen LogP contribution in [-0.4, -0.2) is 24.1 Å². The molecule has 0 spiro atoms. The van der Waals surface area contributed by atoms with E-state index in [0.29, 0.717) is 5.92 Å². The normalized spacial score (nSPS) is 40.6. The van der Waals surface area contributed by atoms with Crippen molar-refractivity contribution in [3.63, 3.8) is 0 Å². The van der Waals surface area contributed by atoms with Gasteiger partial charge in [0, 0.05) is 19.3 Å². The number of hydrogen-bond acceptors (Lipinski definition) is 4. The molecule has 0 N–H and O–H groups in total. The molecular formula is C14H22O4. The van der Waals surface area contributed by atoms with Crippen molar-refractivity contribution in [1.82, 2.24) is 0 Å². The summed E-state index contributed by atoms with van der Waals surface area (Å²) in [6, 6.07) is 0. The summed E-state index contributed by atoms with van der Waals surface area (Å²) in [6.07, 6.45) is 1.46. The molecule has 18 heavy (non-hydrogen) atoms. The Morgan fingerprint density at radius 1 is 0.944 bits per heavy atom. The van der Waals surface area contributed by atoms with Crippen molar-refractivity contribution in [1.29, 1.82) is 0 Å². The number of hydrogen-bond donors (Lipinski definition) is 0. The zero-order valence-electron chi connectivity index (χ0n) is 11.8. The van der Waals surface area contributed by atoms with Crippen LogP contribution in [-0.2, 0) is 19.1 Å². The molecule has 2 saturated carbocycles. The predicted octanol–water partition coefficient (Wildman–Crippen LogP) is 2.31. The van der Waals surface area contributed by atoms with Gasteiger partial charge in [-0.2, -0.15) is 0 Å². The van der Waals surface area contributed by atoms with E-state index >= 15 is 0 Å². The molecular weight excluding hydrogens is 232 g/mol. The summed E-state index contributed by atoms with van der Waals surface area (Å²) in [5.74, 6) is -0.0755. The maximum absolute atomic E-state index is 11.2. The van der Waals surface area contributed by atoms with Crippen LogP contribution >= 0.6 is 0 Å². The largest absolute Gasteiger partial charge is 0.462 e. The summed E-state index contributed by atoms with van der Waals surface area (Å²) in [5.41, 5.74) is -0.262. The summed E-state index contributed by atoms with van der Waals surface area (Å²) in [4.78, 5) is 22.5. The summed E-state index contributed by atoms with van der Waals surface area (Å²) in [7, 11) is 0. The number of ether oxygens (including phenoxy) is 2. The highest BCUT2D eigenvalue weighted by Crippen LogP contribution is 2.67. The predicted molar refractivity (Wildman–Crippen MR) is 65.7 cm³/mol. The Hall–Kier alpha value is -1.06. The number of rotatable bonds is 2. The molecule has 0 aromatic rings. The molecule has 2 rings (SSSR count). The lowest BCUT2D eigenvalue weighted by Crippen LogP contribution is -2.47. The Bertz CT molecular complexity index is 359. The first-order valence-electron chi connectivity index (χ1n) is 6.54. The molecule has 2 bridgehead atoms. The standard InChI is InChI=1S/C14H22O4/c1-8(15)17-11-6-10-7-12(18-9(2)16)14(11,5)13(10,3)4/h10-12H,6-7H2,1-5H3/t10?,11-,12+,14?. The third-order valence-electron chi connectivity index (χ3n) is 5.36. The maximum Gasteiger partial charge on any atom is 0.302 e. The van der Waals surface area contributed by atoms with Crippen LogP contribution in [0.5, 0.6) is 0 Å². The van der Waals surface area contributed by atoms with Crippen LogP contribution in [0, 0.1) is 16.7 Å². The third kappa shape index (κ3) is 1.65. The van der Waals surface area contributed by atoms with Crippen LogP contribution in [0.3, 0.4) is 0 Å². The molecule has 0 aliphatic heterocycles. The highest BCUT2D eigenvalue weighted by Gasteiger charge is 2.69. The van der Waals surface area contributed by atoms with E-state index in [-0.39, 0.29) is 35.0 Å². The minimum absolute atomic E-state index is 0.0211. The zero-order chi connectivity index (χ0) is 13.7. The molecule has 2 fully saturated rings. The van der Waals surface area contributed by atoms with E-state index in [1.54, 1.807) is 0 Å². The van der Waals surface area contributed by atoms with Gasteiger partial charge in [-0.05, 0) is 24.2 Å². The van der Waals surface area contributed by atoms with Crippen LogP contribution in [0.2, 0.25) is 0 Å². The molecule has 0 amide bonds. The Kier molecular flexibility index (Phi) is 2.95. The number of fused-ring (bicyclic) bond motifs is 2. The first-order valence-corrected chi connectivity index (χ1v) is 6.54. The highest BCUT2D eigenvalue weighted by atomic mass is 16.6. The fourth-order valence-corrected chi connectivity index (χ4v) is 3.91. The van der Waals surface area contributed by atoms with E-state index in [9.17, 15) is 9.59 Å². The van der Waals surface area contributed by atoms with Crippen molar-refractivity contribution in [3.8, 4) is 0 Å². The maximum atomic E-state index is 11.2. The lowest BCUT2D eigenvalue weighted by molar-refractivity contribution is -0.172. The lowest BCUT2D eigenvalue weighted by atomic mass is 9.68. The minimum atomic E-state index is -0.283. The monoisotopic (exact) mass is 254 g/mol. The smallest absolute Gasteiger partial charge is 0.302 e. The van der Waals surface area contributed by atoms with E-state index in [0.717, 1.165) is 12.8 Å². The van der Waals surface area contributed by atoms with Gasteiger partial charge in [0.2, 0.25) is 0 Å². The van der Waals surface area contributed by atoms with E-state index < -0.39 is 0 Å². The molecule has 2 aliphatic rings. The average molecular weight is 254 g/mol. The summed E-state index contributed by atoms with van der Waals surface area (Å²) in [5, 5.41) is 0.